The fourth-order valence-electron chi connectivity index (χ4n) is 1.57. The summed E-state index contributed by atoms with van der Waals surface area (Å²) in [6, 6.07) is -1.14. The summed E-state index contributed by atoms with van der Waals surface area (Å²) in [6.07, 6.45) is 13.3. The molecular weight excluding hydrogens is 171 g/mol. The molecular formula is C9H11PS. The molecule has 0 radical (unpaired) electrons. The Balaban J connectivity index is 2.39. The van der Waals surface area contributed by atoms with Crippen molar-refractivity contribution in [1.29, 1.82) is 0 Å². The second kappa shape index (κ2) is 2.73. The summed E-state index contributed by atoms with van der Waals surface area (Å²) in [5, 5.41) is 0. The quantitative estimate of drug-likeness (QED) is 0.410. The number of hydrogen-bond donors (Lipinski definition) is 0. The minimum Gasteiger partial charge on any atom is -0.0922 e. The van der Waals surface area contributed by atoms with Crippen molar-refractivity contribution in [3.8, 4) is 0 Å². The van der Waals surface area contributed by atoms with Gasteiger partial charge in [0, 0.05) is 5.66 Å². The van der Waals surface area contributed by atoms with E-state index in [-0.39, 0.29) is 0 Å². The van der Waals surface area contributed by atoms with Crippen LogP contribution in [0.2, 0.25) is 0 Å². The highest BCUT2D eigenvalue weighted by Crippen LogP contribution is 2.57. The molecule has 0 spiro atoms. The van der Waals surface area contributed by atoms with E-state index in [2.05, 4.69) is 36.2 Å². The number of rotatable bonds is 0. The Kier molecular flexibility index (Phi) is 1.86. The Morgan fingerprint density at radius 2 is 2.18 bits per heavy atom. The minimum absolute atomic E-state index is 0.674. The van der Waals surface area contributed by atoms with Crippen molar-refractivity contribution in [1.82, 2.24) is 0 Å². The first-order valence-electron chi connectivity index (χ1n) is 3.91. The first-order chi connectivity index (χ1) is 5.31. The lowest BCUT2D eigenvalue weighted by Gasteiger charge is -2.29. The highest BCUT2D eigenvalue weighted by molar-refractivity contribution is 8.16. The van der Waals surface area contributed by atoms with E-state index in [1.165, 1.54) is 0 Å². The topological polar surface area (TPSA) is 0 Å². The van der Waals surface area contributed by atoms with Crippen LogP contribution in [0.5, 0.6) is 0 Å². The molecule has 0 amide bonds. The summed E-state index contributed by atoms with van der Waals surface area (Å²) in [6.45, 7) is 0. The zero-order chi connectivity index (χ0) is 7.73. The monoisotopic (exact) mass is 182 g/mol. The van der Waals surface area contributed by atoms with E-state index in [9.17, 15) is 0 Å². The van der Waals surface area contributed by atoms with Gasteiger partial charge in [-0.25, -0.2) is 0 Å². The predicted molar refractivity (Wildman–Crippen MR) is 55.0 cm³/mol. The van der Waals surface area contributed by atoms with Crippen molar-refractivity contribution in [2.45, 2.75) is 12.1 Å². The van der Waals surface area contributed by atoms with Crippen LogP contribution < -0.4 is 0 Å². The van der Waals surface area contributed by atoms with Crippen molar-refractivity contribution in [3.05, 3.63) is 36.2 Å². The summed E-state index contributed by atoms with van der Waals surface area (Å²) in [5.74, 6) is 2.27. The maximum atomic E-state index is 5.65. The SMILES string of the molecule is S=P12C=CC=CC1CC=CC2. The lowest BCUT2D eigenvalue weighted by Crippen LogP contribution is -2.10. The van der Waals surface area contributed by atoms with Crippen LogP contribution in [-0.4, -0.2) is 11.8 Å². The largest absolute Gasteiger partial charge is 0.0922 e. The Hall–Kier alpha value is -0.130. The Morgan fingerprint density at radius 1 is 1.27 bits per heavy atom. The Morgan fingerprint density at radius 3 is 3.00 bits per heavy atom. The van der Waals surface area contributed by atoms with E-state index in [0.29, 0.717) is 5.66 Å². The van der Waals surface area contributed by atoms with E-state index in [1.54, 1.807) is 0 Å². The lowest BCUT2D eigenvalue weighted by molar-refractivity contribution is 1.03. The van der Waals surface area contributed by atoms with Crippen LogP contribution in [0.25, 0.3) is 0 Å². The molecule has 0 fully saturated rings. The van der Waals surface area contributed by atoms with Crippen molar-refractivity contribution in [3.63, 3.8) is 0 Å². The third-order valence-corrected chi connectivity index (χ3v) is 6.87. The molecule has 0 N–H and O–H groups in total. The minimum atomic E-state index is -1.14. The molecule has 2 heterocycles. The molecule has 2 unspecified atom stereocenters. The summed E-state index contributed by atoms with van der Waals surface area (Å²) in [7, 11) is 0. The molecule has 2 heteroatoms. The fourth-order valence-corrected chi connectivity index (χ4v) is 4.86. The van der Waals surface area contributed by atoms with Gasteiger partial charge in [0.1, 0.15) is 0 Å². The molecule has 11 heavy (non-hydrogen) atoms. The van der Waals surface area contributed by atoms with Crippen LogP contribution >= 0.6 is 6.04 Å². The zero-order valence-corrected chi connectivity index (χ0v) is 8.02. The van der Waals surface area contributed by atoms with E-state index in [4.69, 9.17) is 11.8 Å². The van der Waals surface area contributed by atoms with E-state index < -0.39 is 6.04 Å². The maximum absolute atomic E-state index is 5.65. The molecule has 2 aliphatic heterocycles. The summed E-state index contributed by atoms with van der Waals surface area (Å²) in [4.78, 5) is 0. The van der Waals surface area contributed by atoms with Crippen LogP contribution in [-0.2, 0) is 11.8 Å². The van der Waals surface area contributed by atoms with Gasteiger partial charge in [-0.05, 0) is 24.4 Å². The molecule has 0 aliphatic carbocycles. The fraction of sp³-hybridized carbons (Fsp3) is 0.333. The third-order valence-electron chi connectivity index (χ3n) is 2.28. The molecule has 2 atom stereocenters. The highest BCUT2D eigenvalue weighted by atomic mass is 32.4. The zero-order valence-electron chi connectivity index (χ0n) is 6.31. The summed E-state index contributed by atoms with van der Waals surface area (Å²) >= 11 is 5.65. The number of allylic oxidation sites excluding steroid dienone is 5. The van der Waals surface area contributed by atoms with Crippen molar-refractivity contribution >= 4 is 17.8 Å². The van der Waals surface area contributed by atoms with Crippen molar-refractivity contribution < 1.29 is 0 Å². The smallest absolute Gasteiger partial charge is 0.0134 e. The molecule has 2 rings (SSSR count). The third kappa shape index (κ3) is 1.28. The number of hydrogen-bond acceptors (Lipinski definition) is 1. The van der Waals surface area contributed by atoms with Gasteiger partial charge in [-0.2, -0.15) is 0 Å². The first-order valence-corrected chi connectivity index (χ1v) is 7.03. The Bertz CT molecular complexity index is 286. The van der Waals surface area contributed by atoms with Crippen LogP contribution in [0.1, 0.15) is 6.42 Å². The second-order valence-electron chi connectivity index (χ2n) is 3.04. The normalized spacial score (nSPS) is 40.5. The molecule has 0 nitrogen and oxygen atoms in total. The van der Waals surface area contributed by atoms with Crippen LogP contribution in [0.3, 0.4) is 0 Å². The molecule has 0 saturated carbocycles. The van der Waals surface area contributed by atoms with E-state index in [0.717, 1.165) is 12.6 Å². The van der Waals surface area contributed by atoms with Gasteiger partial charge in [0.25, 0.3) is 0 Å². The van der Waals surface area contributed by atoms with Gasteiger partial charge in [-0.1, -0.05) is 42.2 Å². The van der Waals surface area contributed by atoms with Crippen LogP contribution in [0.15, 0.2) is 36.2 Å². The predicted octanol–water partition coefficient (Wildman–Crippen LogP) is 2.88. The molecule has 0 bridgehead atoms. The molecule has 0 aromatic rings. The van der Waals surface area contributed by atoms with Crippen LogP contribution in [0, 0.1) is 0 Å². The molecule has 0 saturated heterocycles. The Labute approximate surface area is 72.7 Å². The average Bonchev–Trinajstić information content (AvgIpc) is 2.03. The van der Waals surface area contributed by atoms with Crippen molar-refractivity contribution in [2.75, 3.05) is 6.16 Å². The average molecular weight is 182 g/mol. The second-order valence-corrected chi connectivity index (χ2v) is 8.11. The molecule has 2 aliphatic rings. The van der Waals surface area contributed by atoms with Gasteiger partial charge in [0.05, 0.1) is 0 Å². The van der Waals surface area contributed by atoms with Gasteiger partial charge in [0.2, 0.25) is 0 Å². The molecule has 0 aromatic carbocycles. The lowest BCUT2D eigenvalue weighted by atomic mass is 10.2. The summed E-state index contributed by atoms with van der Waals surface area (Å²) < 4.78 is 0. The first kappa shape index (κ1) is 7.52. The molecule has 58 valence electrons. The van der Waals surface area contributed by atoms with Gasteiger partial charge < -0.3 is 0 Å². The van der Waals surface area contributed by atoms with E-state index in [1.807, 2.05) is 0 Å². The van der Waals surface area contributed by atoms with Gasteiger partial charge in [-0.15, -0.1) is 0 Å². The van der Waals surface area contributed by atoms with Crippen LogP contribution in [0.4, 0.5) is 0 Å². The highest BCUT2D eigenvalue weighted by Gasteiger charge is 2.25. The summed E-state index contributed by atoms with van der Waals surface area (Å²) in [5.41, 5.74) is 0.674. The standard InChI is InChI=1S/C9H11PS/c11-10-7-3-1-5-9(10)6-2-4-8-10/h1-5,7,9H,6,8H2. The number of fused-ring (bicyclic) bond motifs is 1. The van der Waals surface area contributed by atoms with Gasteiger partial charge >= 0.3 is 0 Å². The van der Waals surface area contributed by atoms with Gasteiger partial charge in [0.15, 0.2) is 0 Å². The van der Waals surface area contributed by atoms with E-state index >= 15 is 0 Å². The maximum Gasteiger partial charge on any atom is 0.0134 e. The molecule has 0 aromatic heterocycles. The van der Waals surface area contributed by atoms with Gasteiger partial charge in [-0.3, -0.25) is 0 Å². The van der Waals surface area contributed by atoms with Crippen molar-refractivity contribution in [2.24, 2.45) is 0 Å².